The van der Waals surface area contributed by atoms with Crippen molar-refractivity contribution in [2.45, 2.75) is 48.4 Å². The van der Waals surface area contributed by atoms with Gasteiger partial charge in [-0.2, -0.15) is 0 Å². The van der Waals surface area contributed by atoms with E-state index in [9.17, 15) is 32.4 Å². The van der Waals surface area contributed by atoms with E-state index < -0.39 is 55.7 Å². The van der Waals surface area contributed by atoms with Gasteiger partial charge in [-0.3, -0.25) is 23.7 Å². The van der Waals surface area contributed by atoms with E-state index in [4.69, 9.17) is 9.88 Å². The van der Waals surface area contributed by atoms with E-state index in [2.05, 4.69) is 24.1 Å². The third-order valence-electron chi connectivity index (χ3n) is 8.84. The number of fused-ring (bicyclic) bond motifs is 2. The molecule has 13 nitrogen and oxygen atoms in total. The molecule has 1 aromatic heterocycles. The van der Waals surface area contributed by atoms with Gasteiger partial charge in [0.05, 0.1) is 33.7 Å². The second kappa shape index (κ2) is 14.5. The van der Waals surface area contributed by atoms with E-state index in [1.165, 1.54) is 53.1 Å². The van der Waals surface area contributed by atoms with Crippen molar-refractivity contribution in [1.82, 2.24) is 4.57 Å². The summed E-state index contributed by atoms with van der Waals surface area (Å²) in [6.07, 6.45) is 0. The Bertz CT molecular complexity index is 2160. The van der Waals surface area contributed by atoms with Crippen LogP contribution in [-0.4, -0.2) is 61.6 Å². The lowest BCUT2D eigenvalue weighted by atomic mass is 9.83. The van der Waals surface area contributed by atoms with Crippen molar-refractivity contribution in [2.24, 2.45) is 11.1 Å². The largest absolute Gasteiger partial charge is 0.462 e. The number of sulfonamides is 1. The van der Waals surface area contributed by atoms with Crippen LogP contribution in [0, 0.1) is 5.92 Å². The van der Waals surface area contributed by atoms with Gasteiger partial charge >= 0.3 is 10.8 Å². The molecule has 51 heavy (non-hydrogen) atoms. The molecule has 1 saturated heterocycles. The number of hydrogen-bond acceptors (Lipinski definition) is 11. The minimum Gasteiger partial charge on any atom is -0.462 e. The molecule has 3 aromatic carbocycles. The molecule has 2 aliphatic rings. The lowest BCUT2D eigenvalue weighted by Crippen LogP contribution is -2.33. The van der Waals surface area contributed by atoms with Crippen molar-refractivity contribution in [2.75, 3.05) is 34.8 Å². The number of thioether (sulfide) groups is 1. The number of thiazole rings is 1. The zero-order valence-corrected chi connectivity index (χ0v) is 30.3. The second-order valence-corrected chi connectivity index (χ2v) is 15.5. The molecule has 16 heteroatoms. The number of primary sulfonamides is 1. The van der Waals surface area contributed by atoms with Crippen LogP contribution in [0.25, 0.3) is 0 Å². The molecule has 0 saturated carbocycles. The summed E-state index contributed by atoms with van der Waals surface area (Å²) in [4.78, 5) is 70.8. The monoisotopic (exact) mass is 749 g/mol. The van der Waals surface area contributed by atoms with Crippen molar-refractivity contribution in [3.63, 3.8) is 0 Å². The van der Waals surface area contributed by atoms with E-state index in [0.29, 0.717) is 21.3 Å². The Morgan fingerprint density at radius 3 is 2.14 bits per heavy atom. The van der Waals surface area contributed by atoms with Gasteiger partial charge in [-0.25, -0.2) is 23.3 Å². The average molecular weight is 750 g/mol. The number of carbonyl (C=O) groups excluding carboxylic acids is 4. The van der Waals surface area contributed by atoms with E-state index in [-0.39, 0.29) is 23.6 Å². The van der Waals surface area contributed by atoms with Gasteiger partial charge in [0, 0.05) is 35.3 Å². The van der Waals surface area contributed by atoms with Gasteiger partial charge in [0.1, 0.15) is 11.8 Å². The Labute approximate surface area is 302 Å². The fourth-order valence-electron chi connectivity index (χ4n) is 6.38. The summed E-state index contributed by atoms with van der Waals surface area (Å²) in [6, 6.07) is 19.1. The number of esters is 1. The summed E-state index contributed by atoms with van der Waals surface area (Å²) in [5, 5.41) is 7.35. The van der Waals surface area contributed by atoms with Crippen LogP contribution in [0.4, 0.5) is 17.1 Å². The average Bonchev–Trinajstić information content (AvgIpc) is 3.55. The van der Waals surface area contributed by atoms with Crippen LogP contribution in [0.1, 0.15) is 47.5 Å². The van der Waals surface area contributed by atoms with Gasteiger partial charge in [0.2, 0.25) is 27.7 Å². The maximum absolute atomic E-state index is 14.3. The molecule has 0 spiro atoms. The quantitative estimate of drug-likeness (QED) is 0.168. The Balaban J connectivity index is 1.36. The van der Waals surface area contributed by atoms with Crippen LogP contribution < -0.4 is 25.1 Å². The summed E-state index contributed by atoms with van der Waals surface area (Å²) in [5.74, 6) is -3.49. The molecular formula is C35H35N5O8S3. The first-order valence-electron chi connectivity index (χ1n) is 16.2. The standard InChI is InChI=1S/C35H35N5O8S3/c1-4-38(5-2)23-13-7-20(8-14-23)27-28-29(32(43)40(31(28)42)24-15-9-21(10-16-24)34(44)48-6-3)49-33-30(27)50-35(45)39(33)19-26(41)37-22-11-17-25(18-12-22)51(36,46)47/h7-18,27-29H,4-6,19H2,1-3H3,(H,37,41)(H2,36,46,47). The maximum Gasteiger partial charge on any atom is 0.338 e. The van der Waals surface area contributed by atoms with Crippen LogP contribution in [-0.2, 0) is 35.7 Å². The lowest BCUT2D eigenvalue weighted by molar-refractivity contribution is -0.122. The van der Waals surface area contributed by atoms with Crippen molar-refractivity contribution in [3.05, 3.63) is 98.5 Å². The highest BCUT2D eigenvalue weighted by Crippen LogP contribution is 2.54. The number of aromatic nitrogens is 1. The predicted octanol–water partition coefficient (Wildman–Crippen LogP) is 4.01. The third-order valence-corrected chi connectivity index (χ3v) is 12.4. The number of nitrogens with one attached hydrogen (secondary N) is 1. The van der Waals surface area contributed by atoms with Gasteiger partial charge in [0.15, 0.2) is 0 Å². The van der Waals surface area contributed by atoms with Gasteiger partial charge in [-0.1, -0.05) is 35.2 Å². The molecular weight excluding hydrogens is 715 g/mol. The smallest absolute Gasteiger partial charge is 0.338 e. The molecule has 3 N–H and O–H groups in total. The summed E-state index contributed by atoms with van der Waals surface area (Å²) in [6.45, 7) is 7.21. The normalized spacial score (nSPS) is 18.3. The summed E-state index contributed by atoms with van der Waals surface area (Å²) in [7, 11) is -3.92. The topological polar surface area (TPSA) is 178 Å². The summed E-state index contributed by atoms with van der Waals surface area (Å²) in [5.41, 5.74) is 2.61. The number of amides is 3. The summed E-state index contributed by atoms with van der Waals surface area (Å²) >= 11 is 2.02. The Morgan fingerprint density at radius 1 is 0.902 bits per heavy atom. The first-order chi connectivity index (χ1) is 24.4. The van der Waals surface area contributed by atoms with Gasteiger partial charge < -0.3 is 15.0 Å². The number of benzene rings is 3. The Hall–Kier alpha value is -4.77. The van der Waals surface area contributed by atoms with E-state index in [1.807, 2.05) is 24.3 Å². The van der Waals surface area contributed by atoms with E-state index in [1.54, 1.807) is 6.92 Å². The zero-order chi connectivity index (χ0) is 36.6. The number of anilines is 3. The van der Waals surface area contributed by atoms with Crippen LogP contribution in [0.15, 0.2) is 87.5 Å². The van der Waals surface area contributed by atoms with Gasteiger partial charge in [-0.05, 0) is 87.0 Å². The molecule has 6 rings (SSSR count). The lowest BCUT2D eigenvalue weighted by Gasteiger charge is -2.31. The number of ether oxygens (including phenoxy) is 1. The number of imide groups is 1. The number of nitrogens with zero attached hydrogens (tertiary/aromatic N) is 3. The second-order valence-electron chi connectivity index (χ2n) is 11.8. The molecule has 0 aliphatic carbocycles. The highest BCUT2D eigenvalue weighted by Gasteiger charge is 2.56. The Morgan fingerprint density at radius 2 is 1.55 bits per heavy atom. The van der Waals surface area contributed by atoms with Crippen LogP contribution >= 0.6 is 23.1 Å². The molecule has 1 fully saturated rings. The number of nitrogens with two attached hydrogens (primary N) is 1. The van der Waals surface area contributed by atoms with Crippen molar-refractivity contribution in [3.8, 4) is 0 Å². The molecule has 3 atom stereocenters. The Kier molecular flexibility index (Phi) is 10.2. The van der Waals surface area contributed by atoms with Gasteiger partial charge in [-0.15, -0.1) is 0 Å². The highest BCUT2D eigenvalue weighted by atomic mass is 32.2. The van der Waals surface area contributed by atoms with Crippen LogP contribution in [0.2, 0.25) is 0 Å². The van der Waals surface area contributed by atoms with Crippen molar-refractivity contribution >= 4 is 73.9 Å². The molecule has 2 aliphatic heterocycles. The van der Waals surface area contributed by atoms with Crippen molar-refractivity contribution in [1.29, 1.82) is 0 Å². The molecule has 3 amide bonds. The molecule has 4 aromatic rings. The molecule has 3 unspecified atom stereocenters. The number of hydrogen-bond donors (Lipinski definition) is 2. The highest BCUT2D eigenvalue weighted by molar-refractivity contribution is 8.00. The maximum atomic E-state index is 14.3. The molecule has 0 radical (unpaired) electrons. The van der Waals surface area contributed by atoms with Crippen LogP contribution in [0.3, 0.4) is 0 Å². The first kappa shape index (κ1) is 36.0. The minimum atomic E-state index is -3.92. The molecule has 0 bridgehead atoms. The first-order valence-corrected chi connectivity index (χ1v) is 19.4. The van der Waals surface area contributed by atoms with Crippen molar-refractivity contribution < 1.29 is 32.3 Å². The SMILES string of the molecule is CCOC(=O)c1ccc(N2C(=O)C3Sc4c(sc(=O)n4CC(=O)Nc4ccc(S(N)(=O)=O)cc4)C(c4ccc(N(CC)CC)cc4)C3C2=O)cc1. The van der Waals surface area contributed by atoms with E-state index in [0.717, 1.165) is 52.3 Å². The third kappa shape index (κ3) is 6.96. The van der Waals surface area contributed by atoms with E-state index >= 15 is 0 Å². The summed E-state index contributed by atoms with van der Waals surface area (Å²) < 4.78 is 29.6. The molecule has 266 valence electrons. The molecule has 3 heterocycles. The minimum absolute atomic E-state index is 0.120. The number of rotatable bonds is 11. The fourth-order valence-corrected chi connectivity index (χ4v) is 9.67. The fraction of sp³-hybridized carbons (Fsp3) is 0.286. The number of carbonyl (C=O) groups is 4. The van der Waals surface area contributed by atoms with Crippen LogP contribution in [0.5, 0.6) is 0 Å². The zero-order valence-electron chi connectivity index (χ0n) is 27.9. The predicted molar refractivity (Wildman–Crippen MR) is 195 cm³/mol. The van der Waals surface area contributed by atoms with Gasteiger partial charge in [0.25, 0.3) is 0 Å².